The second-order valence-corrected chi connectivity index (χ2v) is 11.6. The minimum absolute atomic E-state index is 0.0785. The van der Waals surface area contributed by atoms with Crippen LogP contribution < -0.4 is 0 Å². The maximum atomic E-state index is 11.3. The zero-order chi connectivity index (χ0) is 20.3. The van der Waals surface area contributed by atoms with Crippen LogP contribution in [0.2, 0.25) is 0 Å². The molecule has 0 heterocycles. The highest BCUT2D eigenvalue weighted by molar-refractivity contribution is 5.67. The molecule has 160 valence electrons. The molecule has 0 spiro atoms. The first-order chi connectivity index (χ1) is 13.2. The molecule has 4 rings (SSSR count). The lowest BCUT2D eigenvalue weighted by atomic mass is 9.42. The first-order valence-electron chi connectivity index (χ1n) is 12.1. The highest BCUT2D eigenvalue weighted by atomic mass is 16.4. The van der Waals surface area contributed by atoms with Crippen molar-refractivity contribution in [3.05, 3.63) is 0 Å². The molecule has 0 bridgehead atoms. The molecule has 4 aliphatic rings. The molecule has 10 atom stereocenters. The zero-order valence-electron chi connectivity index (χ0n) is 18.5. The van der Waals surface area contributed by atoms with Crippen LogP contribution >= 0.6 is 0 Å². The Bertz CT molecular complexity index is 603. The van der Waals surface area contributed by atoms with Gasteiger partial charge in [-0.1, -0.05) is 34.1 Å². The van der Waals surface area contributed by atoms with E-state index in [1.807, 2.05) is 0 Å². The quantitative estimate of drug-likeness (QED) is 0.642. The molecule has 0 saturated heterocycles. The molecule has 0 amide bonds. The van der Waals surface area contributed by atoms with Crippen molar-refractivity contribution in [3.63, 3.8) is 0 Å². The van der Waals surface area contributed by atoms with Gasteiger partial charge in [-0.2, -0.15) is 0 Å². The summed E-state index contributed by atoms with van der Waals surface area (Å²) in [6.07, 6.45) is 11.2. The number of fused-ring (bicyclic) bond motifs is 5. The first kappa shape index (κ1) is 20.7. The topological polar surface area (TPSA) is 57.5 Å². The van der Waals surface area contributed by atoms with Gasteiger partial charge in [-0.25, -0.2) is 0 Å². The predicted octanol–water partition coefficient (Wildman–Crippen LogP) is 5.75. The van der Waals surface area contributed by atoms with E-state index in [1.54, 1.807) is 0 Å². The predicted molar refractivity (Wildman–Crippen MR) is 112 cm³/mol. The van der Waals surface area contributed by atoms with Gasteiger partial charge in [0.05, 0.1) is 6.10 Å². The fourth-order valence-electron chi connectivity index (χ4n) is 9.33. The Morgan fingerprint density at radius 3 is 2.36 bits per heavy atom. The van der Waals surface area contributed by atoms with Crippen molar-refractivity contribution < 1.29 is 15.0 Å². The molecule has 0 aromatic heterocycles. The highest BCUT2D eigenvalue weighted by Crippen LogP contribution is 2.69. The molecule has 3 nitrogen and oxygen atoms in total. The summed E-state index contributed by atoms with van der Waals surface area (Å²) in [5, 5.41) is 19.7. The van der Waals surface area contributed by atoms with Crippen LogP contribution in [0.15, 0.2) is 0 Å². The summed E-state index contributed by atoms with van der Waals surface area (Å²) in [6.45, 7) is 9.64. The summed E-state index contributed by atoms with van der Waals surface area (Å²) < 4.78 is 0. The summed E-state index contributed by atoms with van der Waals surface area (Å²) in [5.41, 5.74) is 0.751. The fourth-order valence-corrected chi connectivity index (χ4v) is 9.33. The lowest BCUT2D eigenvalue weighted by Crippen LogP contribution is -2.56. The van der Waals surface area contributed by atoms with Gasteiger partial charge in [0, 0.05) is 6.42 Å². The van der Waals surface area contributed by atoms with Gasteiger partial charge in [-0.3, -0.25) is 4.79 Å². The van der Waals surface area contributed by atoms with Gasteiger partial charge in [-0.15, -0.1) is 0 Å². The minimum atomic E-state index is -0.631. The number of aliphatic carboxylic acids is 1. The number of carboxylic acid groups (broad SMARTS) is 1. The van der Waals surface area contributed by atoms with Crippen molar-refractivity contribution in [1.82, 2.24) is 0 Å². The van der Waals surface area contributed by atoms with E-state index in [2.05, 4.69) is 27.7 Å². The largest absolute Gasteiger partial charge is 0.481 e. The summed E-state index contributed by atoms with van der Waals surface area (Å²) in [6, 6.07) is 0. The average molecular weight is 391 g/mol. The smallest absolute Gasteiger partial charge is 0.303 e. The Kier molecular flexibility index (Phi) is 5.39. The molecule has 4 aliphatic carbocycles. The van der Waals surface area contributed by atoms with Crippen LogP contribution in [0.25, 0.3) is 0 Å². The van der Waals surface area contributed by atoms with Crippen molar-refractivity contribution in [1.29, 1.82) is 0 Å². The summed E-state index contributed by atoms with van der Waals surface area (Å²) in [4.78, 5) is 11.3. The third-order valence-electron chi connectivity index (χ3n) is 10.6. The summed E-state index contributed by atoms with van der Waals surface area (Å²) >= 11 is 0. The number of carbonyl (C=O) groups is 1. The van der Waals surface area contributed by atoms with Gasteiger partial charge in [0.25, 0.3) is 0 Å². The van der Waals surface area contributed by atoms with Gasteiger partial charge in [0.15, 0.2) is 0 Å². The number of hydrogen-bond acceptors (Lipinski definition) is 2. The van der Waals surface area contributed by atoms with E-state index in [0.29, 0.717) is 35.0 Å². The average Bonchev–Trinajstić information content (AvgIpc) is 2.98. The Morgan fingerprint density at radius 1 is 1.00 bits per heavy atom. The van der Waals surface area contributed by atoms with Crippen LogP contribution in [0.3, 0.4) is 0 Å². The van der Waals surface area contributed by atoms with Crippen molar-refractivity contribution in [2.24, 2.45) is 52.3 Å². The number of rotatable bonds is 4. The number of hydrogen-bond donors (Lipinski definition) is 2. The molecule has 2 N–H and O–H groups in total. The Morgan fingerprint density at radius 2 is 1.68 bits per heavy atom. The normalized spacial score (nSPS) is 51.7. The van der Waals surface area contributed by atoms with E-state index < -0.39 is 5.97 Å². The van der Waals surface area contributed by atoms with E-state index in [4.69, 9.17) is 0 Å². The van der Waals surface area contributed by atoms with Gasteiger partial charge in [0.1, 0.15) is 0 Å². The molecule has 0 radical (unpaired) electrons. The van der Waals surface area contributed by atoms with E-state index in [0.717, 1.165) is 36.5 Å². The van der Waals surface area contributed by atoms with E-state index >= 15 is 0 Å². The second-order valence-electron chi connectivity index (χ2n) is 11.6. The van der Waals surface area contributed by atoms with Gasteiger partial charge in [0.2, 0.25) is 0 Å². The minimum Gasteiger partial charge on any atom is -0.481 e. The maximum Gasteiger partial charge on any atom is 0.303 e. The van der Waals surface area contributed by atoms with Gasteiger partial charge >= 0.3 is 5.97 Å². The van der Waals surface area contributed by atoms with Crippen LogP contribution in [0, 0.1) is 52.3 Å². The highest BCUT2D eigenvalue weighted by Gasteiger charge is 2.62. The molecule has 4 fully saturated rings. The summed E-state index contributed by atoms with van der Waals surface area (Å²) in [7, 11) is 0. The fraction of sp³-hybridized carbons (Fsp3) is 0.960. The van der Waals surface area contributed by atoms with Crippen LogP contribution in [0.1, 0.15) is 91.9 Å². The third-order valence-corrected chi connectivity index (χ3v) is 10.6. The Hall–Kier alpha value is -0.570. The number of aliphatic hydroxyl groups is 1. The monoisotopic (exact) mass is 390 g/mol. The lowest BCUT2D eigenvalue weighted by molar-refractivity contribution is -0.153. The van der Waals surface area contributed by atoms with E-state index in [1.165, 1.54) is 44.9 Å². The van der Waals surface area contributed by atoms with E-state index in [9.17, 15) is 15.0 Å². The number of aliphatic hydroxyl groups excluding tert-OH is 1. The van der Waals surface area contributed by atoms with Crippen LogP contribution in [0.4, 0.5) is 0 Å². The molecular weight excluding hydrogens is 348 g/mol. The van der Waals surface area contributed by atoms with Crippen molar-refractivity contribution >= 4 is 5.97 Å². The van der Waals surface area contributed by atoms with Crippen LogP contribution in [0.5, 0.6) is 0 Å². The molecule has 0 aromatic rings. The van der Waals surface area contributed by atoms with Gasteiger partial charge in [-0.05, 0) is 104 Å². The zero-order valence-corrected chi connectivity index (χ0v) is 18.5. The van der Waals surface area contributed by atoms with E-state index in [-0.39, 0.29) is 6.10 Å². The summed E-state index contributed by atoms with van der Waals surface area (Å²) in [5.74, 6) is 4.13. The molecule has 3 heteroatoms. The Labute approximate surface area is 171 Å². The SMILES string of the molecule is CC[C@H]1CC2C3CC[C@H]([C@H](C)CC(=O)O)[C@@]3(C)CCC2[C@@]2(C)CC[C@@H](O)C[C@@H]12. The number of carboxylic acids is 1. The van der Waals surface area contributed by atoms with Crippen molar-refractivity contribution in [3.8, 4) is 0 Å². The standard InChI is InChI=1S/C25H42O3/c1-5-16-13-18-20-7-6-19(15(2)12-23(27)28)24(20,3)11-9-21(18)25(4)10-8-17(26)14-22(16)25/h15-22,26H,5-14H2,1-4H3,(H,27,28)/t15-,16+,17-,18?,19-,20?,21?,22+,24-,25-/m1/s1. The van der Waals surface area contributed by atoms with Crippen molar-refractivity contribution in [2.75, 3.05) is 0 Å². The van der Waals surface area contributed by atoms with Gasteiger partial charge < -0.3 is 10.2 Å². The second kappa shape index (κ2) is 7.29. The molecule has 0 aliphatic heterocycles. The van der Waals surface area contributed by atoms with Crippen LogP contribution in [-0.2, 0) is 4.79 Å². The maximum absolute atomic E-state index is 11.3. The third kappa shape index (κ3) is 3.06. The van der Waals surface area contributed by atoms with Crippen LogP contribution in [-0.4, -0.2) is 22.3 Å². The Balaban J connectivity index is 1.61. The molecule has 3 unspecified atom stereocenters. The molecular formula is C25H42O3. The molecule has 28 heavy (non-hydrogen) atoms. The molecule has 0 aromatic carbocycles. The lowest BCUT2D eigenvalue weighted by Gasteiger charge is -2.63. The molecule has 4 saturated carbocycles. The first-order valence-corrected chi connectivity index (χ1v) is 12.1. The van der Waals surface area contributed by atoms with Crippen molar-refractivity contribution in [2.45, 2.75) is 98.0 Å².